The van der Waals surface area contributed by atoms with Crippen molar-refractivity contribution >= 4 is 28.7 Å². The highest BCUT2D eigenvalue weighted by Gasteiger charge is 2.41. The number of hydrogen-bond donors (Lipinski definition) is 1. The molecule has 1 aromatic carbocycles. The van der Waals surface area contributed by atoms with Crippen LogP contribution in [0.15, 0.2) is 51.6 Å². The van der Waals surface area contributed by atoms with Crippen molar-refractivity contribution in [1.29, 1.82) is 0 Å². The van der Waals surface area contributed by atoms with Crippen molar-refractivity contribution in [3.63, 3.8) is 0 Å². The highest BCUT2D eigenvalue weighted by atomic mass is 32.2. The molecule has 0 spiro atoms. The van der Waals surface area contributed by atoms with E-state index in [9.17, 15) is 9.59 Å². The Morgan fingerprint density at radius 2 is 1.94 bits per heavy atom. The lowest BCUT2D eigenvalue weighted by molar-refractivity contribution is -0.127. The van der Waals surface area contributed by atoms with E-state index in [0.29, 0.717) is 25.2 Å². The molecule has 0 radical (unpaired) electrons. The normalized spacial score (nSPS) is 21.8. The first kappa shape index (κ1) is 24.5. The van der Waals surface area contributed by atoms with Gasteiger partial charge in [-0.2, -0.15) is 0 Å². The average molecular weight is 483 g/mol. The fourth-order valence-corrected chi connectivity index (χ4v) is 5.61. The summed E-state index contributed by atoms with van der Waals surface area (Å²) in [6.45, 7) is 10.5. The Hall–Kier alpha value is -2.58. The van der Waals surface area contributed by atoms with Gasteiger partial charge in [0.05, 0.1) is 29.8 Å². The quantitative estimate of drug-likeness (QED) is 0.603. The second kappa shape index (κ2) is 10.8. The summed E-state index contributed by atoms with van der Waals surface area (Å²) in [5.74, 6) is -0.0518. The molecule has 1 aromatic rings. The summed E-state index contributed by atoms with van der Waals surface area (Å²) in [4.78, 5) is 35.2. The molecule has 3 aliphatic heterocycles. The Labute approximate surface area is 206 Å². The molecule has 0 saturated carbocycles. The van der Waals surface area contributed by atoms with Crippen LogP contribution in [0.25, 0.3) is 0 Å². The van der Waals surface area contributed by atoms with Gasteiger partial charge < -0.3 is 19.9 Å². The summed E-state index contributed by atoms with van der Waals surface area (Å²) in [5.41, 5.74) is 4.44. The lowest BCUT2D eigenvalue weighted by Gasteiger charge is -2.38. The maximum atomic E-state index is 13.6. The van der Waals surface area contributed by atoms with Crippen molar-refractivity contribution in [3.8, 4) is 0 Å². The summed E-state index contributed by atoms with van der Waals surface area (Å²) in [6.07, 6.45) is 2.36. The SMILES string of the molecule is CCN(CC)C(=O)C1=C(C)N=C2SC=C(CC(=O)NCC3CCCO3)N2C1c1ccc(C)cc1. The molecule has 2 unspecified atom stereocenters. The minimum Gasteiger partial charge on any atom is -0.376 e. The number of thioether (sulfide) groups is 1. The van der Waals surface area contributed by atoms with Crippen LogP contribution in [0.4, 0.5) is 0 Å². The van der Waals surface area contributed by atoms with Crippen LogP contribution < -0.4 is 5.32 Å². The van der Waals surface area contributed by atoms with Crippen LogP contribution in [-0.2, 0) is 14.3 Å². The van der Waals surface area contributed by atoms with Crippen molar-refractivity contribution in [2.75, 3.05) is 26.2 Å². The summed E-state index contributed by atoms with van der Waals surface area (Å²) in [6, 6.07) is 7.95. The molecule has 1 saturated heterocycles. The summed E-state index contributed by atoms with van der Waals surface area (Å²) in [7, 11) is 0. The van der Waals surface area contributed by atoms with E-state index >= 15 is 0 Å². The van der Waals surface area contributed by atoms with E-state index in [1.165, 1.54) is 11.8 Å². The van der Waals surface area contributed by atoms with Gasteiger partial charge in [-0.15, -0.1) is 0 Å². The van der Waals surface area contributed by atoms with E-state index < -0.39 is 0 Å². The zero-order valence-corrected chi connectivity index (χ0v) is 21.3. The fraction of sp³-hybridized carbons (Fsp3) is 0.500. The molecule has 2 amide bonds. The maximum Gasteiger partial charge on any atom is 0.254 e. The number of ether oxygens (including phenoxy) is 1. The van der Waals surface area contributed by atoms with Gasteiger partial charge in [0.25, 0.3) is 5.91 Å². The Morgan fingerprint density at radius 1 is 1.21 bits per heavy atom. The van der Waals surface area contributed by atoms with Gasteiger partial charge in [0, 0.05) is 31.9 Å². The second-order valence-electron chi connectivity index (χ2n) is 8.90. The van der Waals surface area contributed by atoms with Crippen LogP contribution in [0.1, 0.15) is 57.2 Å². The molecular formula is C26H34N4O3S. The largest absolute Gasteiger partial charge is 0.376 e. The number of aliphatic imine (C=N–C) groups is 1. The Bertz CT molecular complexity index is 1020. The average Bonchev–Trinajstić information content (AvgIpc) is 3.48. The van der Waals surface area contributed by atoms with E-state index in [2.05, 4.69) is 41.4 Å². The van der Waals surface area contributed by atoms with Crippen LogP contribution >= 0.6 is 11.8 Å². The number of allylic oxidation sites excluding steroid dienone is 1. The van der Waals surface area contributed by atoms with Gasteiger partial charge in [0.2, 0.25) is 5.91 Å². The van der Waals surface area contributed by atoms with Gasteiger partial charge in [0.1, 0.15) is 0 Å². The van der Waals surface area contributed by atoms with Crippen molar-refractivity contribution < 1.29 is 14.3 Å². The van der Waals surface area contributed by atoms with Gasteiger partial charge in [-0.1, -0.05) is 41.6 Å². The Morgan fingerprint density at radius 3 is 2.59 bits per heavy atom. The predicted molar refractivity (Wildman–Crippen MR) is 136 cm³/mol. The predicted octanol–water partition coefficient (Wildman–Crippen LogP) is 4.12. The van der Waals surface area contributed by atoms with Gasteiger partial charge in [-0.3, -0.25) is 9.59 Å². The van der Waals surface area contributed by atoms with E-state index in [1.807, 2.05) is 31.1 Å². The molecule has 3 aliphatic rings. The fourth-order valence-electron chi connectivity index (χ4n) is 4.65. The second-order valence-corrected chi connectivity index (χ2v) is 9.73. The zero-order valence-electron chi connectivity index (χ0n) is 20.5. The van der Waals surface area contributed by atoms with Crippen molar-refractivity contribution in [2.24, 2.45) is 4.99 Å². The van der Waals surface area contributed by atoms with Crippen molar-refractivity contribution in [2.45, 2.75) is 59.1 Å². The number of carbonyl (C=O) groups is 2. The third-order valence-electron chi connectivity index (χ3n) is 6.57. The molecule has 1 N–H and O–H groups in total. The lowest BCUT2D eigenvalue weighted by Crippen LogP contribution is -2.42. The number of fused-ring (bicyclic) bond motifs is 1. The van der Waals surface area contributed by atoms with E-state index in [0.717, 1.165) is 47.1 Å². The molecule has 182 valence electrons. The molecule has 0 aromatic heterocycles. The summed E-state index contributed by atoms with van der Waals surface area (Å²) in [5, 5.41) is 5.82. The smallest absolute Gasteiger partial charge is 0.254 e. The molecule has 0 aliphatic carbocycles. The number of nitrogens with zero attached hydrogens (tertiary/aromatic N) is 3. The van der Waals surface area contributed by atoms with Crippen molar-refractivity contribution in [1.82, 2.24) is 15.1 Å². The van der Waals surface area contributed by atoms with E-state index in [1.54, 1.807) is 0 Å². The number of amidine groups is 1. The third kappa shape index (κ3) is 5.08. The first-order valence-corrected chi connectivity index (χ1v) is 13.0. The molecule has 7 nitrogen and oxygen atoms in total. The topological polar surface area (TPSA) is 74.2 Å². The van der Waals surface area contributed by atoms with E-state index in [4.69, 9.17) is 9.73 Å². The lowest BCUT2D eigenvalue weighted by atomic mass is 9.92. The number of hydrogen-bond acceptors (Lipinski definition) is 6. The number of amides is 2. The number of carbonyl (C=O) groups excluding carboxylic acids is 2. The van der Waals surface area contributed by atoms with Crippen LogP contribution in [0.5, 0.6) is 0 Å². The van der Waals surface area contributed by atoms with Gasteiger partial charge in [0.15, 0.2) is 5.17 Å². The minimum atomic E-state index is -0.326. The van der Waals surface area contributed by atoms with Crippen LogP contribution in [0.3, 0.4) is 0 Å². The first-order valence-electron chi connectivity index (χ1n) is 12.1. The van der Waals surface area contributed by atoms with Crippen LogP contribution in [0, 0.1) is 6.92 Å². The van der Waals surface area contributed by atoms with Crippen LogP contribution in [-0.4, -0.2) is 59.1 Å². The molecule has 2 atom stereocenters. The third-order valence-corrected chi connectivity index (χ3v) is 7.46. The number of nitrogens with one attached hydrogen (secondary N) is 1. The molecule has 4 rings (SSSR count). The molecule has 1 fully saturated rings. The van der Waals surface area contributed by atoms with Gasteiger partial charge >= 0.3 is 0 Å². The Kier molecular flexibility index (Phi) is 7.78. The zero-order chi connectivity index (χ0) is 24.2. The first-order chi connectivity index (χ1) is 16.4. The molecule has 3 heterocycles. The standard InChI is InChI=1S/C26H34N4O3S/c1-5-29(6-2)25(32)23-18(4)28-26-30(24(23)19-11-9-17(3)10-12-19)20(16-34-26)14-22(31)27-15-21-8-7-13-33-21/h9-12,16,21,24H,5-8,13-15H2,1-4H3,(H,27,31). The summed E-state index contributed by atoms with van der Waals surface area (Å²) < 4.78 is 5.63. The van der Waals surface area contributed by atoms with E-state index in [-0.39, 0.29) is 30.4 Å². The number of rotatable bonds is 8. The minimum absolute atomic E-state index is 0.00467. The highest BCUT2D eigenvalue weighted by Crippen LogP contribution is 2.45. The summed E-state index contributed by atoms with van der Waals surface area (Å²) >= 11 is 1.51. The molecule has 8 heteroatoms. The number of aryl methyl sites for hydroxylation is 1. The van der Waals surface area contributed by atoms with Crippen LogP contribution in [0.2, 0.25) is 0 Å². The highest BCUT2D eigenvalue weighted by molar-refractivity contribution is 8.16. The molecule has 0 bridgehead atoms. The Balaban J connectivity index is 1.63. The van der Waals surface area contributed by atoms with Gasteiger partial charge in [-0.25, -0.2) is 4.99 Å². The molecular weight excluding hydrogens is 448 g/mol. The number of likely N-dealkylation sites (N-methyl/N-ethyl adjacent to an activating group) is 1. The maximum absolute atomic E-state index is 13.6. The monoisotopic (exact) mass is 482 g/mol. The van der Waals surface area contributed by atoms with Crippen molar-refractivity contribution in [3.05, 3.63) is 57.8 Å². The van der Waals surface area contributed by atoms with Gasteiger partial charge in [-0.05, 0) is 51.5 Å². The number of benzene rings is 1. The molecule has 34 heavy (non-hydrogen) atoms.